The molecule has 0 aliphatic heterocycles. The van der Waals surface area contributed by atoms with Crippen molar-refractivity contribution in [3.63, 3.8) is 0 Å². The predicted molar refractivity (Wildman–Crippen MR) is 142 cm³/mol. The molecule has 3 aromatic carbocycles. The van der Waals surface area contributed by atoms with Gasteiger partial charge in [-0.3, -0.25) is 9.59 Å². The molecule has 1 heterocycles. The highest BCUT2D eigenvalue weighted by Crippen LogP contribution is 2.29. The van der Waals surface area contributed by atoms with Crippen molar-refractivity contribution >= 4 is 40.2 Å². The highest BCUT2D eigenvalue weighted by atomic mass is 35.5. The van der Waals surface area contributed by atoms with Gasteiger partial charge < -0.3 is 5.11 Å². The molecule has 4 rings (SSSR count). The van der Waals surface area contributed by atoms with Crippen molar-refractivity contribution in [3.8, 4) is 11.1 Å². The quantitative estimate of drug-likeness (QED) is 0.266. The Labute approximate surface area is 212 Å². The first-order valence-electron chi connectivity index (χ1n) is 11.1. The van der Waals surface area contributed by atoms with Gasteiger partial charge in [-0.05, 0) is 53.8 Å². The van der Waals surface area contributed by atoms with Crippen molar-refractivity contribution in [3.05, 3.63) is 106 Å². The van der Waals surface area contributed by atoms with E-state index in [4.69, 9.17) is 11.6 Å². The van der Waals surface area contributed by atoms with Gasteiger partial charge in [0, 0.05) is 10.8 Å². The molecule has 178 valence electrons. The zero-order chi connectivity index (χ0) is 24.8. The first-order chi connectivity index (χ1) is 17.0. The first-order valence-corrected chi connectivity index (χ1v) is 12.5. The fourth-order valence-corrected chi connectivity index (χ4v) is 5.06. The van der Waals surface area contributed by atoms with Crippen LogP contribution in [-0.4, -0.2) is 31.3 Å². The highest BCUT2D eigenvalue weighted by molar-refractivity contribution is 7.99. The number of nitrogens with zero attached hydrogens (tertiary/aromatic N) is 3. The Bertz CT molecular complexity index is 1390. The maximum absolute atomic E-state index is 13.0. The van der Waals surface area contributed by atoms with Gasteiger partial charge in [0.15, 0.2) is 0 Å². The van der Waals surface area contributed by atoms with Gasteiger partial charge in [0.1, 0.15) is 10.8 Å². The van der Waals surface area contributed by atoms with Crippen LogP contribution in [0.15, 0.2) is 90.2 Å². The summed E-state index contributed by atoms with van der Waals surface area (Å²) in [6.45, 7) is 3.78. The number of hydrogen-bond donors (Lipinski definition) is 1. The molecule has 0 saturated carbocycles. The van der Waals surface area contributed by atoms with E-state index in [0.29, 0.717) is 28.1 Å². The number of carbonyl (C=O) groups is 1. The molecule has 35 heavy (non-hydrogen) atoms. The molecule has 0 saturated heterocycles. The number of rotatable bonds is 10. The molecule has 8 heteroatoms. The van der Waals surface area contributed by atoms with Gasteiger partial charge in [0.2, 0.25) is 0 Å². The number of thioether (sulfide) groups is 1. The summed E-state index contributed by atoms with van der Waals surface area (Å²) in [6, 6.07) is 22.2. The second kappa shape index (κ2) is 11.3. The number of fused-ring (bicyclic) bond motifs is 1. The summed E-state index contributed by atoms with van der Waals surface area (Å²) in [6.07, 6.45) is 2.31. The summed E-state index contributed by atoms with van der Waals surface area (Å²) in [5.41, 5.74) is 3.37. The van der Waals surface area contributed by atoms with E-state index in [1.165, 1.54) is 16.4 Å². The average molecular weight is 506 g/mol. The molecule has 0 amide bonds. The molecule has 6 nitrogen and oxygen atoms in total. The third-order valence-corrected chi connectivity index (χ3v) is 7.27. The standard InChI is InChI=1S/C27H24ClN3O3S/c1-2-5-22(31-26(32)23-6-3-4-7-24(23)29-30-31)16-25(27(33)34)35-17-18-8-10-19(11-9-18)20-12-14-21(28)15-13-20/h2-4,6-15,22,25H,1,5,16-17H2,(H,33,34). The van der Waals surface area contributed by atoms with Gasteiger partial charge in [0.05, 0.1) is 11.4 Å². The zero-order valence-corrected chi connectivity index (χ0v) is 20.5. The molecule has 2 atom stereocenters. The van der Waals surface area contributed by atoms with E-state index in [-0.39, 0.29) is 12.0 Å². The third-order valence-electron chi connectivity index (χ3n) is 5.72. The van der Waals surface area contributed by atoms with Crippen molar-refractivity contribution in [2.24, 2.45) is 0 Å². The summed E-state index contributed by atoms with van der Waals surface area (Å²) in [7, 11) is 0. The second-order valence-electron chi connectivity index (χ2n) is 8.11. The first kappa shape index (κ1) is 24.7. The normalized spacial score (nSPS) is 12.8. The van der Waals surface area contributed by atoms with Gasteiger partial charge in [-0.25, -0.2) is 4.68 Å². The zero-order valence-electron chi connectivity index (χ0n) is 18.9. The molecule has 0 spiro atoms. The largest absolute Gasteiger partial charge is 0.480 e. The van der Waals surface area contributed by atoms with E-state index in [1.54, 1.807) is 30.3 Å². The summed E-state index contributed by atoms with van der Waals surface area (Å²) in [4.78, 5) is 25.1. The van der Waals surface area contributed by atoms with Crippen LogP contribution >= 0.6 is 23.4 Å². The molecule has 0 aliphatic rings. The predicted octanol–water partition coefficient (Wildman–Crippen LogP) is 6.01. The van der Waals surface area contributed by atoms with Crippen molar-refractivity contribution in [2.45, 2.75) is 29.9 Å². The van der Waals surface area contributed by atoms with E-state index in [9.17, 15) is 14.7 Å². The van der Waals surface area contributed by atoms with Crippen LogP contribution in [0, 0.1) is 0 Å². The Hall–Kier alpha value is -3.42. The van der Waals surface area contributed by atoms with Crippen molar-refractivity contribution < 1.29 is 9.90 Å². The monoisotopic (exact) mass is 505 g/mol. The molecular formula is C27H24ClN3O3S. The molecule has 0 fully saturated rings. The van der Waals surface area contributed by atoms with Crippen LogP contribution in [0.4, 0.5) is 0 Å². The summed E-state index contributed by atoms with van der Waals surface area (Å²) in [5.74, 6) is -0.402. The van der Waals surface area contributed by atoms with Crippen LogP contribution < -0.4 is 5.56 Å². The van der Waals surface area contributed by atoms with E-state index in [1.807, 2.05) is 48.5 Å². The van der Waals surface area contributed by atoms with Crippen LogP contribution in [-0.2, 0) is 10.5 Å². The smallest absolute Gasteiger partial charge is 0.316 e. The van der Waals surface area contributed by atoms with Crippen LogP contribution in [0.25, 0.3) is 22.0 Å². The van der Waals surface area contributed by atoms with Crippen LogP contribution in [0.3, 0.4) is 0 Å². The second-order valence-corrected chi connectivity index (χ2v) is 9.74. The van der Waals surface area contributed by atoms with Gasteiger partial charge in [-0.2, -0.15) is 0 Å². The van der Waals surface area contributed by atoms with Gasteiger partial charge >= 0.3 is 5.97 Å². The van der Waals surface area contributed by atoms with E-state index < -0.39 is 17.3 Å². The van der Waals surface area contributed by atoms with Crippen molar-refractivity contribution in [1.82, 2.24) is 15.0 Å². The molecule has 2 unspecified atom stereocenters. The molecule has 4 aromatic rings. The van der Waals surface area contributed by atoms with E-state index in [2.05, 4.69) is 16.9 Å². The molecule has 1 N–H and O–H groups in total. The van der Waals surface area contributed by atoms with Gasteiger partial charge in [-0.15, -0.1) is 23.4 Å². The highest BCUT2D eigenvalue weighted by Gasteiger charge is 2.25. The minimum absolute atomic E-state index is 0.224. The Morgan fingerprint density at radius 1 is 1.06 bits per heavy atom. The number of aromatic nitrogens is 3. The molecule has 0 bridgehead atoms. The molecule has 1 aromatic heterocycles. The Balaban J connectivity index is 1.48. The lowest BCUT2D eigenvalue weighted by Gasteiger charge is -2.21. The minimum atomic E-state index is -0.927. The fraction of sp³-hybridized carbons (Fsp3) is 0.185. The SMILES string of the molecule is C=CCC(CC(SCc1ccc(-c2ccc(Cl)cc2)cc1)C(=O)O)n1nnc2ccccc2c1=O. The number of carboxylic acid groups (broad SMARTS) is 1. The number of benzene rings is 3. The lowest BCUT2D eigenvalue weighted by Crippen LogP contribution is -2.31. The third kappa shape index (κ3) is 5.99. The Kier molecular flexibility index (Phi) is 8.00. The molecule has 0 aliphatic carbocycles. The van der Waals surface area contributed by atoms with Gasteiger partial charge in [-0.1, -0.05) is 71.4 Å². The summed E-state index contributed by atoms with van der Waals surface area (Å²) in [5, 5.41) is 18.6. The summed E-state index contributed by atoms with van der Waals surface area (Å²) >= 11 is 7.30. The Morgan fingerprint density at radius 2 is 1.71 bits per heavy atom. The van der Waals surface area contributed by atoms with Crippen LogP contribution in [0.1, 0.15) is 24.4 Å². The van der Waals surface area contributed by atoms with E-state index in [0.717, 1.165) is 16.7 Å². The minimum Gasteiger partial charge on any atom is -0.480 e. The van der Waals surface area contributed by atoms with Gasteiger partial charge in [0.25, 0.3) is 5.56 Å². The molecule has 0 radical (unpaired) electrons. The van der Waals surface area contributed by atoms with Crippen molar-refractivity contribution in [2.75, 3.05) is 0 Å². The van der Waals surface area contributed by atoms with Crippen LogP contribution in [0.5, 0.6) is 0 Å². The lowest BCUT2D eigenvalue weighted by atomic mass is 10.0. The maximum Gasteiger partial charge on any atom is 0.316 e. The lowest BCUT2D eigenvalue weighted by molar-refractivity contribution is -0.136. The number of hydrogen-bond acceptors (Lipinski definition) is 5. The fourth-order valence-electron chi connectivity index (χ4n) is 3.85. The summed E-state index contributed by atoms with van der Waals surface area (Å²) < 4.78 is 1.29. The van der Waals surface area contributed by atoms with Crippen molar-refractivity contribution in [1.29, 1.82) is 0 Å². The number of carboxylic acids is 1. The maximum atomic E-state index is 13.0. The number of allylic oxidation sites excluding steroid dienone is 1. The van der Waals surface area contributed by atoms with Crippen LogP contribution in [0.2, 0.25) is 5.02 Å². The topological polar surface area (TPSA) is 85.1 Å². The molecular weight excluding hydrogens is 482 g/mol. The number of aliphatic carboxylic acids is 1. The number of halogens is 1. The Morgan fingerprint density at radius 3 is 2.37 bits per heavy atom. The average Bonchev–Trinajstić information content (AvgIpc) is 2.87. The van der Waals surface area contributed by atoms with E-state index >= 15 is 0 Å².